The number of rotatable bonds is 5. The van der Waals surface area contributed by atoms with Crippen LogP contribution < -0.4 is 9.47 Å². The summed E-state index contributed by atoms with van der Waals surface area (Å²) in [4.78, 5) is 7.22. The molecule has 0 saturated carbocycles. The van der Waals surface area contributed by atoms with Crippen molar-refractivity contribution in [1.29, 1.82) is 0 Å². The third-order valence-electron chi connectivity index (χ3n) is 5.56. The largest absolute Gasteiger partial charge is 0.493 e. The standard InChI is InChI=1S/C23H26N2O2/c1-4-25-11-9-16(10-12-25)19-6-7-21-20(19)13-18(15-24-21)17-5-8-22(26-2)23(14-17)27-3/h5-6,8-9,13-15H,4,7,10-12H2,1-3H3. The molecule has 2 heterocycles. The van der Waals surface area contributed by atoms with Gasteiger partial charge in [0, 0.05) is 36.8 Å². The van der Waals surface area contributed by atoms with Gasteiger partial charge < -0.3 is 9.47 Å². The lowest BCUT2D eigenvalue weighted by Crippen LogP contribution is -2.28. The molecule has 2 aromatic rings. The Balaban J connectivity index is 1.66. The topological polar surface area (TPSA) is 34.6 Å². The summed E-state index contributed by atoms with van der Waals surface area (Å²) in [5, 5.41) is 0. The predicted molar refractivity (Wildman–Crippen MR) is 109 cm³/mol. The van der Waals surface area contributed by atoms with Crippen LogP contribution in [-0.4, -0.2) is 43.7 Å². The van der Waals surface area contributed by atoms with Crippen LogP contribution in [0.4, 0.5) is 0 Å². The zero-order valence-electron chi connectivity index (χ0n) is 16.3. The molecule has 0 radical (unpaired) electrons. The van der Waals surface area contributed by atoms with Gasteiger partial charge in [0.05, 0.1) is 19.9 Å². The van der Waals surface area contributed by atoms with Gasteiger partial charge >= 0.3 is 0 Å². The summed E-state index contributed by atoms with van der Waals surface area (Å²) in [7, 11) is 3.32. The molecule has 1 aromatic heterocycles. The van der Waals surface area contributed by atoms with Gasteiger partial charge in [-0.2, -0.15) is 0 Å². The van der Waals surface area contributed by atoms with E-state index in [9.17, 15) is 0 Å². The lowest BCUT2D eigenvalue weighted by Gasteiger charge is -2.25. The van der Waals surface area contributed by atoms with E-state index < -0.39 is 0 Å². The maximum absolute atomic E-state index is 5.46. The van der Waals surface area contributed by atoms with Crippen LogP contribution >= 0.6 is 0 Å². The van der Waals surface area contributed by atoms with Crippen LogP contribution in [0.15, 0.2) is 48.2 Å². The van der Waals surface area contributed by atoms with E-state index in [2.05, 4.69) is 36.1 Å². The number of ether oxygens (including phenoxy) is 2. The minimum atomic E-state index is 0.737. The fourth-order valence-corrected chi connectivity index (χ4v) is 3.92. The van der Waals surface area contributed by atoms with E-state index in [0.717, 1.165) is 55.1 Å². The Bertz CT molecular complexity index is 915. The van der Waals surface area contributed by atoms with Gasteiger partial charge in [-0.25, -0.2) is 0 Å². The van der Waals surface area contributed by atoms with Gasteiger partial charge in [-0.3, -0.25) is 9.88 Å². The molecule has 0 saturated heterocycles. The minimum Gasteiger partial charge on any atom is -0.493 e. The van der Waals surface area contributed by atoms with E-state index in [1.807, 2.05) is 18.3 Å². The number of aromatic nitrogens is 1. The lowest BCUT2D eigenvalue weighted by molar-refractivity contribution is 0.312. The van der Waals surface area contributed by atoms with Crippen molar-refractivity contribution in [1.82, 2.24) is 9.88 Å². The number of allylic oxidation sites excluding steroid dienone is 2. The molecule has 1 aliphatic heterocycles. The number of benzene rings is 1. The quantitative estimate of drug-likeness (QED) is 0.792. The summed E-state index contributed by atoms with van der Waals surface area (Å²) in [5.41, 5.74) is 7.48. The summed E-state index contributed by atoms with van der Waals surface area (Å²) >= 11 is 0. The SMILES string of the molecule is CCN1CC=C(C2=CCc3ncc(-c4ccc(OC)c(OC)c4)cc32)CC1. The molecule has 1 aliphatic carbocycles. The maximum atomic E-state index is 5.46. The second-order valence-electron chi connectivity index (χ2n) is 6.98. The van der Waals surface area contributed by atoms with Crippen molar-refractivity contribution >= 4 is 5.57 Å². The Morgan fingerprint density at radius 1 is 1.04 bits per heavy atom. The number of hydrogen-bond donors (Lipinski definition) is 0. The number of methoxy groups -OCH3 is 2. The predicted octanol–water partition coefficient (Wildman–Crippen LogP) is 4.36. The Hall–Kier alpha value is -2.59. The Kier molecular flexibility index (Phi) is 4.99. The van der Waals surface area contributed by atoms with Crippen molar-refractivity contribution in [2.45, 2.75) is 19.8 Å². The van der Waals surface area contributed by atoms with Crippen molar-refractivity contribution < 1.29 is 9.47 Å². The van der Waals surface area contributed by atoms with Gasteiger partial charge in [-0.1, -0.05) is 25.1 Å². The second kappa shape index (κ2) is 7.57. The molecule has 4 rings (SSSR count). The minimum absolute atomic E-state index is 0.737. The van der Waals surface area contributed by atoms with Gasteiger partial charge in [0.2, 0.25) is 0 Å². The first kappa shape index (κ1) is 17.8. The fraction of sp³-hybridized carbons (Fsp3) is 0.348. The van der Waals surface area contributed by atoms with Crippen LogP contribution in [0.3, 0.4) is 0 Å². The molecule has 27 heavy (non-hydrogen) atoms. The van der Waals surface area contributed by atoms with E-state index in [1.54, 1.807) is 14.2 Å². The molecule has 2 aliphatic rings. The molecule has 0 fully saturated rings. The first-order valence-corrected chi connectivity index (χ1v) is 9.57. The zero-order valence-corrected chi connectivity index (χ0v) is 16.3. The summed E-state index contributed by atoms with van der Waals surface area (Å²) in [6.07, 6.45) is 8.72. The molecule has 0 bridgehead atoms. The highest BCUT2D eigenvalue weighted by molar-refractivity contribution is 5.85. The molecular formula is C23H26N2O2. The third kappa shape index (κ3) is 3.37. The molecule has 0 N–H and O–H groups in total. The smallest absolute Gasteiger partial charge is 0.161 e. The maximum Gasteiger partial charge on any atom is 0.161 e. The van der Waals surface area contributed by atoms with E-state index in [0.29, 0.717) is 0 Å². The van der Waals surface area contributed by atoms with Gasteiger partial charge in [-0.15, -0.1) is 0 Å². The van der Waals surface area contributed by atoms with Crippen molar-refractivity contribution in [3.8, 4) is 22.6 Å². The van der Waals surface area contributed by atoms with E-state index in [4.69, 9.17) is 14.5 Å². The Morgan fingerprint density at radius 3 is 2.59 bits per heavy atom. The molecule has 4 nitrogen and oxygen atoms in total. The second-order valence-corrected chi connectivity index (χ2v) is 6.98. The normalized spacial score (nSPS) is 16.6. The molecule has 0 amide bonds. The van der Waals surface area contributed by atoms with Crippen molar-refractivity contribution in [3.63, 3.8) is 0 Å². The van der Waals surface area contributed by atoms with Crippen LogP contribution in [0.1, 0.15) is 24.6 Å². The van der Waals surface area contributed by atoms with E-state index >= 15 is 0 Å². The molecule has 0 unspecified atom stereocenters. The van der Waals surface area contributed by atoms with Crippen molar-refractivity contribution in [3.05, 3.63) is 59.4 Å². The highest BCUT2D eigenvalue weighted by Gasteiger charge is 2.22. The van der Waals surface area contributed by atoms with Crippen LogP contribution in [0.2, 0.25) is 0 Å². The van der Waals surface area contributed by atoms with Crippen LogP contribution in [-0.2, 0) is 6.42 Å². The van der Waals surface area contributed by atoms with Crippen molar-refractivity contribution in [2.24, 2.45) is 0 Å². The summed E-state index contributed by atoms with van der Waals surface area (Å²) in [6, 6.07) is 8.29. The number of hydrogen-bond acceptors (Lipinski definition) is 4. The number of pyridine rings is 1. The number of fused-ring (bicyclic) bond motifs is 1. The first-order chi connectivity index (χ1) is 13.2. The van der Waals surface area contributed by atoms with Crippen LogP contribution in [0.5, 0.6) is 11.5 Å². The highest BCUT2D eigenvalue weighted by Crippen LogP contribution is 2.38. The van der Waals surface area contributed by atoms with Crippen molar-refractivity contribution in [2.75, 3.05) is 33.9 Å². The van der Waals surface area contributed by atoms with Gasteiger partial charge in [0.15, 0.2) is 11.5 Å². The third-order valence-corrected chi connectivity index (χ3v) is 5.56. The van der Waals surface area contributed by atoms with Crippen LogP contribution in [0.25, 0.3) is 16.7 Å². The summed E-state index contributed by atoms with van der Waals surface area (Å²) in [5.74, 6) is 1.48. The zero-order chi connectivity index (χ0) is 18.8. The van der Waals surface area contributed by atoms with Gasteiger partial charge in [0.25, 0.3) is 0 Å². The average molecular weight is 362 g/mol. The summed E-state index contributed by atoms with van der Waals surface area (Å²) in [6.45, 7) is 5.52. The molecule has 1 aromatic carbocycles. The van der Waals surface area contributed by atoms with E-state index in [-0.39, 0.29) is 0 Å². The van der Waals surface area contributed by atoms with Crippen LogP contribution in [0, 0.1) is 0 Å². The molecular weight excluding hydrogens is 336 g/mol. The Morgan fingerprint density at radius 2 is 1.89 bits per heavy atom. The highest BCUT2D eigenvalue weighted by atomic mass is 16.5. The molecule has 4 heteroatoms. The summed E-state index contributed by atoms with van der Waals surface area (Å²) < 4.78 is 10.8. The average Bonchev–Trinajstić information content (AvgIpc) is 3.16. The molecule has 0 spiro atoms. The van der Waals surface area contributed by atoms with Gasteiger partial charge in [0.1, 0.15) is 0 Å². The number of nitrogens with zero attached hydrogens (tertiary/aromatic N) is 2. The van der Waals surface area contributed by atoms with Gasteiger partial charge in [-0.05, 0) is 47.9 Å². The molecule has 140 valence electrons. The van der Waals surface area contributed by atoms with E-state index in [1.165, 1.54) is 22.4 Å². The lowest BCUT2D eigenvalue weighted by atomic mass is 9.94. The number of likely N-dealkylation sites (N-methyl/N-ethyl adjacent to an activating group) is 1. The fourth-order valence-electron chi connectivity index (χ4n) is 3.92. The first-order valence-electron chi connectivity index (χ1n) is 9.57. The Labute approximate surface area is 161 Å². The molecule has 0 atom stereocenters. The monoisotopic (exact) mass is 362 g/mol.